The van der Waals surface area contributed by atoms with Crippen LogP contribution in [0, 0.1) is 6.92 Å². The van der Waals surface area contributed by atoms with Gasteiger partial charge in [0.25, 0.3) is 0 Å². The maximum atomic E-state index is 9.54. The van der Waals surface area contributed by atoms with Crippen molar-refractivity contribution in [2.45, 2.75) is 19.1 Å². The standard InChI is InChI=1S/C10H13N5O2/c1-6-12-13-10-9(11-2-3-15(6)10)14-4-7(16)8(17)5-14/h2-3,7-8,16-17H,4-5H2,1H3. The van der Waals surface area contributed by atoms with Gasteiger partial charge >= 0.3 is 0 Å². The highest BCUT2D eigenvalue weighted by atomic mass is 16.3. The molecular weight excluding hydrogens is 222 g/mol. The van der Waals surface area contributed by atoms with Gasteiger partial charge in [-0.15, -0.1) is 10.2 Å². The lowest BCUT2D eigenvalue weighted by Crippen LogP contribution is -2.23. The molecule has 1 saturated heterocycles. The van der Waals surface area contributed by atoms with E-state index in [0.717, 1.165) is 5.82 Å². The van der Waals surface area contributed by atoms with Crippen LogP contribution >= 0.6 is 0 Å². The quantitative estimate of drug-likeness (QED) is 0.657. The van der Waals surface area contributed by atoms with Crippen LogP contribution < -0.4 is 4.90 Å². The molecule has 0 saturated carbocycles. The molecule has 0 amide bonds. The molecule has 3 heterocycles. The van der Waals surface area contributed by atoms with Crippen molar-refractivity contribution in [1.82, 2.24) is 19.6 Å². The zero-order valence-electron chi connectivity index (χ0n) is 9.35. The van der Waals surface area contributed by atoms with E-state index in [1.807, 2.05) is 16.2 Å². The van der Waals surface area contributed by atoms with E-state index < -0.39 is 12.2 Å². The summed E-state index contributed by atoms with van der Waals surface area (Å²) in [6.45, 7) is 2.58. The van der Waals surface area contributed by atoms with E-state index in [2.05, 4.69) is 15.2 Å². The molecule has 1 aliphatic heterocycles. The smallest absolute Gasteiger partial charge is 0.203 e. The highest BCUT2D eigenvalue weighted by Crippen LogP contribution is 2.22. The summed E-state index contributed by atoms with van der Waals surface area (Å²) >= 11 is 0. The Balaban J connectivity index is 2.06. The van der Waals surface area contributed by atoms with Crippen LogP contribution in [-0.4, -0.2) is 55.1 Å². The summed E-state index contributed by atoms with van der Waals surface area (Å²) in [5.41, 5.74) is 0.645. The van der Waals surface area contributed by atoms with Crippen LogP contribution in [0.2, 0.25) is 0 Å². The summed E-state index contributed by atoms with van der Waals surface area (Å²) in [5.74, 6) is 1.42. The highest BCUT2D eigenvalue weighted by Gasteiger charge is 2.31. The number of β-amino-alcohol motifs (C(OH)–C–C–N with tert-alkyl or cyclic N) is 2. The molecule has 0 radical (unpaired) electrons. The average molecular weight is 235 g/mol. The van der Waals surface area contributed by atoms with Gasteiger partial charge in [0.1, 0.15) is 5.82 Å². The van der Waals surface area contributed by atoms with E-state index in [-0.39, 0.29) is 0 Å². The number of hydrogen-bond donors (Lipinski definition) is 2. The molecule has 0 bridgehead atoms. The first-order valence-electron chi connectivity index (χ1n) is 5.44. The molecule has 2 aromatic heterocycles. The first-order chi connectivity index (χ1) is 8.16. The SMILES string of the molecule is Cc1nnc2c(N3CC(O)C(O)C3)nccn12. The summed E-state index contributed by atoms with van der Waals surface area (Å²) in [4.78, 5) is 6.07. The van der Waals surface area contributed by atoms with E-state index >= 15 is 0 Å². The minimum absolute atomic E-state index is 0.361. The largest absolute Gasteiger partial charge is 0.389 e. The second-order valence-electron chi connectivity index (χ2n) is 4.23. The van der Waals surface area contributed by atoms with Crippen molar-refractivity contribution in [1.29, 1.82) is 0 Å². The summed E-state index contributed by atoms with van der Waals surface area (Å²) in [6.07, 6.45) is 1.98. The molecule has 2 atom stereocenters. The number of aliphatic hydroxyl groups excluding tert-OH is 2. The van der Waals surface area contributed by atoms with Gasteiger partial charge in [-0.2, -0.15) is 0 Å². The van der Waals surface area contributed by atoms with Crippen LogP contribution in [0.5, 0.6) is 0 Å². The molecule has 1 aliphatic rings. The second kappa shape index (κ2) is 3.64. The van der Waals surface area contributed by atoms with Crippen LogP contribution in [0.4, 0.5) is 5.82 Å². The lowest BCUT2D eigenvalue weighted by Gasteiger charge is -2.16. The number of aliphatic hydroxyl groups is 2. The van der Waals surface area contributed by atoms with Crippen LogP contribution in [-0.2, 0) is 0 Å². The van der Waals surface area contributed by atoms with Crippen molar-refractivity contribution in [3.63, 3.8) is 0 Å². The predicted octanol–water partition coefficient (Wildman–Crippen LogP) is -1.03. The Morgan fingerprint density at radius 2 is 1.94 bits per heavy atom. The molecule has 2 unspecified atom stereocenters. The van der Waals surface area contributed by atoms with Gasteiger partial charge in [-0.3, -0.25) is 4.40 Å². The Bertz CT molecular complexity index is 545. The van der Waals surface area contributed by atoms with Gasteiger partial charge in [-0.25, -0.2) is 4.98 Å². The third kappa shape index (κ3) is 1.55. The first kappa shape index (κ1) is 10.4. The number of aromatic nitrogens is 4. The summed E-state index contributed by atoms with van der Waals surface area (Å²) in [6, 6.07) is 0. The van der Waals surface area contributed by atoms with Gasteiger partial charge in [0.15, 0.2) is 5.82 Å². The number of aryl methyl sites for hydroxylation is 1. The van der Waals surface area contributed by atoms with Crippen molar-refractivity contribution in [2.24, 2.45) is 0 Å². The number of fused-ring (bicyclic) bond motifs is 1. The Morgan fingerprint density at radius 1 is 1.24 bits per heavy atom. The molecule has 7 nitrogen and oxygen atoms in total. The molecule has 0 aromatic carbocycles. The zero-order chi connectivity index (χ0) is 12.0. The molecule has 2 aromatic rings. The van der Waals surface area contributed by atoms with Crippen molar-refractivity contribution < 1.29 is 10.2 Å². The van der Waals surface area contributed by atoms with Crippen LogP contribution in [0.1, 0.15) is 5.82 Å². The lowest BCUT2D eigenvalue weighted by atomic mass is 10.3. The fourth-order valence-electron chi connectivity index (χ4n) is 2.09. The van der Waals surface area contributed by atoms with Crippen molar-refractivity contribution in [3.05, 3.63) is 18.2 Å². The highest BCUT2D eigenvalue weighted by molar-refractivity contribution is 5.64. The maximum absolute atomic E-state index is 9.54. The van der Waals surface area contributed by atoms with E-state index in [9.17, 15) is 10.2 Å². The zero-order valence-corrected chi connectivity index (χ0v) is 9.35. The van der Waals surface area contributed by atoms with Gasteiger partial charge in [0.2, 0.25) is 5.65 Å². The average Bonchev–Trinajstić information content (AvgIpc) is 2.84. The van der Waals surface area contributed by atoms with E-state index in [0.29, 0.717) is 24.6 Å². The van der Waals surface area contributed by atoms with Gasteiger partial charge in [0, 0.05) is 25.5 Å². The van der Waals surface area contributed by atoms with Crippen LogP contribution in [0.15, 0.2) is 12.4 Å². The summed E-state index contributed by atoms with van der Waals surface area (Å²) < 4.78 is 1.83. The van der Waals surface area contributed by atoms with Gasteiger partial charge < -0.3 is 15.1 Å². The molecule has 1 fully saturated rings. The number of anilines is 1. The number of hydrogen-bond acceptors (Lipinski definition) is 6. The van der Waals surface area contributed by atoms with Crippen LogP contribution in [0.3, 0.4) is 0 Å². The Kier molecular flexibility index (Phi) is 2.23. The Labute approximate surface area is 97.3 Å². The van der Waals surface area contributed by atoms with Gasteiger partial charge in [-0.1, -0.05) is 0 Å². The molecule has 2 N–H and O–H groups in total. The van der Waals surface area contributed by atoms with E-state index in [1.54, 1.807) is 12.4 Å². The number of nitrogens with zero attached hydrogens (tertiary/aromatic N) is 5. The van der Waals surface area contributed by atoms with Gasteiger partial charge in [-0.05, 0) is 6.92 Å². The molecule has 0 spiro atoms. The summed E-state index contributed by atoms with van der Waals surface area (Å²) in [7, 11) is 0. The molecule has 0 aliphatic carbocycles. The molecule has 90 valence electrons. The summed E-state index contributed by atoms with van der Waals surface area (Å²) in [5, 5.41) is 27.1. The third-order valence-electron chi connectivity index (χ3n) is 3.04. The molecule has 7 heteroatoms. The van der Waals surface area contributed by atoms with Gasteiger partial charge in [0.05, 0.1) is 12.2 Å². The normalized spacial score (nSPS) is 24.8. The topological polar surface area (TPSA) is 86.8 Å². The van der Waals surface area contributed by atoms with Crippen molar-refractivity contribution in [3.8, 4) is 0 Å². The lowest BCUT2D eigenvalue weighted by molar-refractivity contribution is 0.0572. The number of rotatable bonds is 1. The fourth-order valence-corrected chi connectivity index (χ4v) is 2.09. The maximum Gasteiger partial charge on any atom is 0.203 e. The molecular formula is C10H13N5O2. The minimum Gasteiger partial charge on any atom is -0.389 e. The third-order valence-corrected chi connectivity index (χ3v) is 3.04. The minimum atomic E-state index is -0.735. The van der Waals surface area contributed by atoms with Crippen molar-refractivity contribution >= 4 is 11.5 Å². The van der Waals surface area contributed by atoms with Crippen molar-refractivity contribution in [2.75, 3.05) is 18.0 Å². The molecule has 3 rings (SSSR count). The fraction of sp³-hybridized carbons (Fsp3) is 0.500. The van der Waals surface area contributed by atoms with E-state index in [4.69, 9.17) is 0 Å². The predicted molar refractivity (Wildman–Crippen MR) is 59.7 cm³/mol. The Hall–Kier alpha value is -1.73. The van der Waals surface area contributed by atoms with E-state index in [1.165, 1.54) is 0 Å². The second-order valence-corrected chi connectivity index (χ2v) is 4.23. The monoisotopic (exact) mass is 235 g/mol. The first-order valence-corrected chi connectivity index (χ1v) is 5.44. The van der Waals surface area contributed by atoms with Crippen LogP contribution in [0.25, 0.3) is 5.65 Å². The molecule has 17 heavy (non-hydrogen) atoms. The Morgan fingerprint density at radius 3 is 2.65 bits per heavy atom.